The van der Waals surface area contributed by atoms with Gasteiger partial charge < -0.3 is 15.2 Å². The quantitative estimate of drug-likeness (QED) is 0.750. The standard InChI is InChI=1S/C24H26N4O2/c1-3-11-30-20-10-9-16(12-21(20)29-4-2)22-18-8-6-5-7-17(18)19(13-25)23(28)24(22,14-26)15-27/h7,9-10,12,18,22H,3-6,8,11,28H2,1-2H3/t18-,22+/m1/s1. The van der Waals surface area contributed by atoms with Gasteiger partial charge in [0, 0.05) is 5.92 Å². The third kappa shape index (κ3) is 3.38. The largest absolute Gasteiger partial charge is 0.490 e. The van der Waals surface area contributed by atoms with Crippen LogP contribution in [-0.4, -0.2) is 13.2 Å². The summed E-state index contributed by atoms with van der Waals surface area (Å²) < 4.78 is 11.6. The van der Waals surface area contributed by atoms with Crippen LogP contribution in [0, 0.1) is 45.3 Å². The van der Waals surface area contributed by atoms with Gasteiger partial charge in [-0.25, -0.2) is 0 Å². The van der Waals surface area contributed by atoms with Crippen LogP contribution >= 0.6 is 0 Å². The highest BCUT2D eigenvalue weighted by Crippen LogP contribution is 2.56. The first-order valence-corrected chi connectivity index (χ1v) is 10.4. The normalized spacial score (nSPS) is 22.0. The molecule has 0 amide bonds. The predicted molar refractivity (Wildman–Crippen MR) is 112 cm³/mol. The van der Waals surface area contributed by atoms with Crippen molar-refractivity contribution in [3.63, 3.8) is 0 Å². The molecule has 0 saturated carbocycles. The maximum Gasteiger partial charge on any atom is 0.191 e. The van der Waals surface area contributed by atoms with E-state index < -0.39 is 11.3 Å². The molecule has 0 spiro atoms. The number of ether oxygens (including phenoxy) is 2. The van der Waals surface area contributed by atoms with E-state index in [2.05, 4.69) is 18.2 Å². The van der Waals surface area contributed by atoms with Gasteiger partial charge in [0.2, 0.25) is 0 Å². The Morgan fingerprint density at radius 3 is 2.53 bits per heavy atom. The van der Waals surface area contributed by atoms with E-state index in [4.69, 9.17) is 15.2 Å². The van der Waals surface area contributed by atoms with Gasteiger partial charge in [-0.2, -0.15) is 15.8 Å². The van der Waals surface area contributed by atoms with Crippen molar-refractivity contribution in [2.45, 2.75) is 45.4 Å². The summed E-state index contributed by atoms with van der Waals surface area (Å²) in [5.41, 5.74) is 6.71. The lowest BCUT2D eigenvalue weighted by Crippen LogP contribution is -2.42. The zero-order valence-electron chi connectivity index (χ0n) is 17.4. The van der Waals surface area contributed by atoms with Gasteiger partial charge in [-0.15, -0.1) is 0 Å². The molecule has 0 aliphatic heterocycles. The van der Waals surface area contributed by atoms with E-state index in [-0.39, 0.29) is 17.2 Å². The smallest absolute Gasteiger partial charge is 0.191 e. The SMILES string of the molecule is CCCOc1ccc([C@H]2[C@@H]3CCCC=C3C(C#N)=C(N)C2(C#N)C#N)cc1OCC. The van der Waals surface area contributed by atoms with E-state index in [1.807, 2.05) is 38.1 Å². The van der Waals surface area contributed by atoms with Crippen molar-refractivity contribution in [1.29, 1.82) is 15.8 Å². The first kappa shape index (κ1) is 21.3. The number of fused-ring (bicyclic) bond motifs is 1. The first-order chi connectivity index (χ1) is 14.6. The van der Waals surface area contributed by atoms with Gasteiger partial charge in [0.05, 0.1) is 36.6 Å². The van der Waals surface area contributed by atoms with Crippen molar-refractivity contribution < 1.29 is 9.47 Å². The lowest BCUT2D eigenvalue weighted by atomic mass is 9.57. The van der Waals surface area contributed by atoms with Gasteiger partial charge in [0.25, 0.3) is 0 Å². The molecular formula is C24H26N4O2. The Kier molecular flexibility index (Phi) is 6.34. The number of rotatable bonds is 6. The Hall–Kier alpha value is -3.43. The van der Waals surface area contributed by atoms with Crippen molar-refractivity contribution >= 4 is 0 Å². The number of benzene rings is 1. The van der Waals surface area contributed by atoms with Crippen LogP contribution in [0.3, 0.4) is 0 Å². The van der Waals surface area contributed by atoms with Crippen LogP contribution in [0.15, 0.2) is 41.1 Å². The maximum absolute atomic E-state index is 10.1. The van der Waals surface area contributed by atoms with Crippen molar-refractivity contribution in [3.05, 3.63) is 46.7 Å². The molecule has 1 aromatic carbocycles. The average Bonchev–Trinajstić information content (AvgIpc) is 2.78. The highest BCUT2D eigenvalue weighted by Gasteiger charge is 2.53. The molecule has 6 heteroatoms. The molecule has 30 heavy (non-hydrogen) atoms. The van der Waals surface area contributed by atoms with E-state index in [0.29, 0.717) is 24.7 Å². The van der Waals surface area contributed by atoms with E-state index in [9.17, 15) is 15.8 Å². The van der Waals surface area contributed by atoms with Crippen LogP contribution in [-0.2, 0) is 0 Å². The highest BCUT2D eigenvalue weighted by atomic mass is 16.5. The van der Waals surface area contributed by atoms with Crippen LogP contribution in [0.25, 0.3) is 0 Å². The molecule has 6 nitrogen and oxygen atoms in total. The molecule has 0 saturated heterocycles. The Morgan fingerprint density at radius 2 is 1.90 bits per heavy atom. The summed E-state index contributed by atoms with van der Waals surface area (Å²) in [5, 5.41) is 30.0. The van der Waals surface area contributed by atoms with Gasteiger partial charge in [-0.3, -0.25) is 0 Å². The molecule has 3 rings (SSSR count). The average molecular weight is 402 g/mol. The molecule has 2 atom stereocenters. The zero-order chi connectivity index (χ0) is 21.7. The number of allylic oxidation sites excluding steroid dienone is 4. The molecule has 0 aromatic heterocycles. The molecule has 1 aromatic rings. The Bertz CT molecular complexity index is 990. The second-order valence-electron chi connectivity index (χ2n) is 7.59. The van der Waals surface area contributed by atoms with Crippen LogP contribution < -0.4 is 15.2 Å². The van der Waals surface area contributed by atoms with E-state index in [1.54, 1.807) is 0 Å². The fraction of sp³-hybridized carbons (Fsp3) is 0.458. The molecule has 0 unspecified atom stereocenters. The number of nitrogens with zero attached hydrogens (tertiary/aromatic N) is 3. The fourth-order valence-corrected chi connectivity index (χ4v) is 4.57. The monoisotopic (exact) mass is 402 g/mol. The Labute approximate surface area is 177 Å². The topological polar surface area (TPSA) is 116 Å². The molecule has 2 aliphatic carbocycles. The molecule has 0 radical (unpaired) electrons. The Balaban J connectivity index is 2.21. The van der Waals surface area contributed by atoms with Crippen LogP contribution in [0.5, 0.6) is 11.5 Å². The minimum Gasteiger partial charge on any atom is -0.490 e. The fourth-order valence-electron chi connectivity index (χ4n) is 4.57. The van der Waals surface area contributed by atoms with Gasteiger partial charge in [0.15, 0.2) is 16.9 Å². The zero-order valence-corrected chi connectivity index (χ0v) is 17.4. The summed E-state index contributed by atoms with van der Waals surface area (Å²) in [5.74, 6) is 0.606. The number of hydrogen-bond donors (Lipinski definition) is 1. The lowest BCUT2D eigenvalue weighted by molar-refractivity contribution is 0.274. The third-order valence-electron chi connectivity index (χ3n) is 5.89. The molecule has 154 valence electrons. The van der Waals surface area contributed by atoms with Gasteiger partial charge >= 0.3 is 0 Å². The maximum atomic E-state index is 10.1. The predicted octanol–water partition coefficient (Wildman–Crippen LogP) is 4.47. The summed E-state index contributed by atoms with van der Waals surface area (Å²) in [6.45, 7) is 4.96. The van der Waals surface area contributed by atoms with E-state index in [1.165, 1.54) is 0 Å². The van der Waals surface area contributed by atoms with Gasteiger partial charge in [0.1, 0.15) is 6.07 Å². The second kappa shape index (κ2) is 8.93. The summed E-state index contributed by atoms with van der Waals surface area (Å²) in [6.07, 6.45) is 5.49. The van der Waals surface area contributed by atoms with Crippen molar-refractivity contribution in [2.24, 2.45) is 17.1 Å². The Morgan fingerprint density at radius 1 is 1.13 bits per heavy atom. The molecule has 0 heterocycles. The minimum absolute atomic E-state index is 0.0497. The lowest BCUT2D eigenvalue weighted by Gasteiger charge is -2.43. The summed E-state index contributed by atoms with van der Waals surface area (Å²) in [6, 6.07) is 12.1. The van der Waals surface area contributed by atoms with Crippen LogP contribution in [0.4, 0.5) is 0 Å². The van der Waals surface area contributed by atoms with Crippen molar-refractivity contribution in [1.82, 2.24) is 0 Å². The third-order valence-corrected chi connectivity index (χ3v) is 5.89. The van der Waals surface area contributed by atoms with E-state index in [0.717, 1.165) is 36.8 Å². The second-order valence-corrected chi connectivity index (χ2v) is 7.59. The summed E-state index contributed by atoms with van der Waals surface area (Å²) in [7, 11) is 0. The number of nitriles is 3. The highest BCUT2D eigenvalue weighted by molar-refractivity contribution is 5.60. The molecule has 2 aliphatic rings. The van der Waals surface area contributed by atoms with Gasteiger partial charge in [-0.1, -0.05) is 19.1 Å². The summed E-state index contributed by atoms with van der Waals surface area (Å²) in [4.78, 5) is 0. The minimum atomic E-state index is -1.61. The van der Waals surface area contributed by atoms with Crippen LogP contribution in [0.2, 0.25) is 0 Å². The number of nitrogens with two attached hydrogens (primary N) is 1. The van der Waals surface area contributed by atoms with Crippen molar-refractivity contribution in [2.75, 3.05) is 13.2 Å². The van der Waals surface area contributed by atoms with E-state index >= 15 is 0 Å². The molecule has 0 fully saturated rings. The molecular weight excluding hydrogens is 376 g/mol. The molecule has 2 N–H and O–H groups in total. The molecule has 0 bridgehead atoms. The van der Waals surface area contributed by atoms with Crippen molar-refractivity contribution in [3.8, 4) is 29.7 Å². The summed E-state index contributed by atoms with van der Waals surface area (Å²) >= 11 is 0. The number of hydrogen-bond acceptors (Lipinski definition) is 6. The van der Waals surface area contributed by atoms with Gasteiger partial charge in [-0.05, 0) is 61.8 Å². The first-order valence-electron chi connectivity index (χ1n) is 10.4. The van der Waals surface area contributed by atoms with Crippen LogP contribution in [0.1, 0.15) is 51.0 Å².